The fraction of sp³-hybridized carbons (Fsp3) is 0.348. The van der Waals surface area contributed by atoms with E-state index in [9.17, 15) is 4.79 Å². The van der Waals surface area contributed by atoms with Gasteiger partial charge in [0.15, 0.2) is 0 Å². The van der Waals surface area contributed by atoms with Crippen LogP contribution in [-0.4, -0.2) is 52.7 Å². The molecule has 0 atom stereocenters. The van der Waals surface area contributed by atoms with Crippen molar-refractivity contribution in [3.8, 4) is 0 Å². The third-order valence-electron chi connectivity index (χ3n) is 6.53. The molecular weight excluding hydrogens is 440 g/mol. The van der Waals surface area contributed by atoms with Gasteiger partial charge in [0.2, 0.25) is 5.78 Å². The second kappa shape index (κ2) is 7.21. The lowest BCUT2D eigenvalue weighted by atomic mass is 10.0. The van der Waals surface area contributed by atoms with Crippen molar-refractivity contribution < 1.29 is 4.79 Å². The highest BCUT2D eigenvalue weighted by Gasteiger charge is 2.27. The molecule has 0 fully saturated rings. The first-order valence-corrected chi connectivity index (χ1v) is 12.4. The van der Waals surface area contributed by atoms with Gasteiger partial charge in [0.1, 0.15) is 19.4 Å². The Morgan fingerprint density at radius 1 is 0.844 bits per heavy atom. The zero-order valence-corrected chi connectivity index (χ0v) is 19.7. The standard InChI is InChI=1S/C23H24N6OS2/c1-28-5-3-15-11(9-28)7-13-17(24)20(31-22(13)26-15)19(30)21-18(25)14-8-12-10-29(2)6-4-16(12)27-23(14)32-21/h7-8H,3-6,9-10,24-25H2,1-2H3. The molecule has 7 nitrogen and oxygen atoms in total. The lowest BCUT2D eigenvalue weighted by Crippen LogP contribution is -2.27. The molecule has 0 aromatic carbocycles. The molecule has 0 spiro atoms. The van der Waals surface area contributed by atoms with Crippen molar-refractivity contribution >= 4 is 60.3 Å². The quantitative estimate of drug-likeness (QED) is 0.439. The minimum absolute atomic E-state index is 0.129. The molecule has 164 valence electrons. The Kier molecular flexibility index (Phi) is 4.52. The van der Waals surface area contributed by atoms with Gasteiger partial charge in [-0.1, -0.05) is 0 Å². The molecule has 4 N–H and O–H groups in total. The molecule has 0 aliphatic carbocycles. The first kappa shape index (κ1) is 20.0. The van der Waals surface area contributed by atoms with E-state index in [1.165, 1.54) is 33.8 Å². The van der Waals surface area contributed by atoms with Gasteiger partial charge in [-0.2, -0.15) is 0 Å². The summed E-state index contributed by atoms with van der Waals surface area (Å²) in [6, 6.07) is 4.21. The summed E-state index contributed by atoms with van der Waals surface area (Å²) in [5.41, 5.74) is 18.6. The molecule has 2 aliphatic heterocycles. The topological polar surface area (TPSA) is 101 Å². The molecule has 4 aromatic rings. The average molecular weight is 465 g/mol. The van der Waals surface area contributed by atoms with E-state index >= 15 is 0 Å². The van der Waals surface area contributed by atoms with Gasteiger partial charge >= 0.3 is 0 Å². The van der Waals surface area contributed by atoms with E-state index in [-0.39, 0.29) is 5.78 Å². The summed E-state index contributed by atoms with van der Waals surface area (Å²) in [5.74, 6) is -0.129. The molecule has 0 saturated heterocycles. The van der Waals surface area contributed by atoms with E-state index in [1.807, 2.05) is 0 Å². The summed E-state index contributed by atoms with van der Waals surface area (Å²) in [5, 5.41) is 1.73. The molecule has 32 heavy (non-hydrogen) atoms. The van der Waals surface area contributed by atoms with Gasteiger partial charge in [-0.15, -0.1) is 22.7 Å². The molecule has 0 unspecified atom stereocenters. The number of rotatable bonds is 2. The maximum atomic E-state index is 13.6. The summed E-state index contributed by atoms with van der Waals surface area (Å²) in [6.07, 6.45) is 1.83. The maximum Gasteiger partial charge on any atom is 0.217 e. The highest BCUT2D eigenvalue weighted by Crippen LogP contribution is 2.41. The number of hydrogen-bond donors (Lipinski definition) is 2. The lowest BCUT2D eigenvalue weighted by molar-refractivity contribution is 0.104. The van der Waals surface area contributed by atoms with Crippen molar-refractivity contribution in [1.82, 2.24) is 19.8 Å². The van der Waals surface area contributed by atoms with Gasteiger partial charge in [-0.25, -0.2) is 9.97 Å². The summed E-state index contributed by atoms with van der Waals surface area (Å²) >= 11 is 2.74. The Labute approximate surface area is 193 Å². The Morgan fingerprint density at radius 3 is 1.72 bits per heavy atom. The van der Waals surface area contributed by atoms with Gasteiger partial charge in [-0.3, -0.25) is 4.79 Å². The predicted octanol–water partition coefficient (Wildman–Crippen LogP) is 3.28. The Hall–Kier alpha value is -2.59. The smallest absolute Gasteiger partial charge is 0.217 e. The Balaban J connectivity index is 1.44. The van der Waals surface area contributed by atoms with E-state index < -0.39 is 0 Å². The zero-order valence-electron chi connectivity index (χ0n) is 18.1. The minimum atomic E-state index is -0.129. The number of carbonyl (C=O) groups is 1. The lowest BCUT2D eigenvalue weighted by Gasteiger charge is -2.24. The zero-order chi connectivity index (χ0) is 22.1. The van der Waals surface area contributed by atoms with Crippen molar-refractivity contribution in [1.29, 1.82) is 0 Å². The number of nitrogens with two attached hydrogens (primary N) is 2. The van der Waals surface area contributed by atoms with E-state index in [0.717, 1.165) is 70.8 Å². The van der Waals surface area contributed by atoms with E-state index in [2.05, 4.69) is 36.0 Å². The second-order valence-electron chi connectivity index (χ2n) is 8.89. The van der Waals surface area contributed by atoms with Crippen LogP contribution in [0, 0.1) is 0 Å². The van der Waals surface area contributed by atoms with Crippen LogP contribution in [0.3, 0.4) is 0 Å². The monoisotopic (exact) mass is 464 g/mol. The minimum Gasteiger partial charge on any atom is -0.397 e. The van der Waals surface area contributed by atoms with Crippen LogP contribution in [0.4, 0.5) is 11.4 Å². The van der Waals surface area contributed by atoms with Crippen molar-refractivity contribution in [2.75, 3.05) is 38.7 Å². The van der Waals surface area contributed by atoms with Crippen LogP contribution >= 0.6 is 22.7 Å². The number of likely N-dealkylation sites (N-methyl/N-ethyl adjacent to an activating group) is 2. The molecule has 6 heterocycles. The molecule has 4 aromatic heterocycles. The number of fused-ring (bicyclic) bond motifs is 4. The molecule has 9 heteroatoms. The second-order valence-corrected chi connectivity index (χ2v) is 10.9. The summed E-state index contributed by atoms with van der Waals surface area (Å²) < 4.78 is 0. The molecule has 0 amide bonds. The number of ketones is 1. The number of nitrogens with zero attached hydrogens (tertiary/aromatic N) is 4. The average Bonchev–Trinajstić information content (AvgIpc) is 3.27. The normalized spacial score (nSPS) is 17.1. The van der Waals surface area contributed by atoms with Crippen molar-refractivity contribution in [3.05, 3.63) is 44.4 Å². The van der Waals surface area contributed by atoms with Gasteiger partial charge in [-0.05, 0) is 37.4 Å². The number of hydrogen-bond acceptors (Lipinski definition) is 9. The number of anilines is 2. The Bertz CT molecular complexity index is 1320. The van der Waals surface area contributed by atoms with Crippen molar-refractivity contribution in [3.63, 3.8) is 0 Å². The molecule has 0 saturated carbocycles. The van der Waals surface area contributed by atoms with Crippen molar-refractivity contribution in [2.24, 2.45) is 0 Å². The molecule has 0 radical (unpaired) electrons. The van der Waals surface area contributed by atoms with E-state index in [0.29, 0.717) is 21.1 Å². The fourth-order valence-corrected chi connectivity index (χ4v) is 6.87. The molecular formula is C23H24N6OS2. The molecule has 0 bridgehead atoms. The predicted molar refractivity (Wildman–Crippen MR) is 132 cm³/mol. The van der Waals surface area contributed by atoms with Crippen LogP contribution in [-0.2, 0) is 25.9 Å². The SMILES string of the molecule is CN1CCc2nc3sc(C(=O)c4sc5nc6c(cc5c4N)CN(C)CC6)c(N)c3cc2C1. The van der Waals surface area contributed by atoms with Crippen LogP contribution in [0.25, 0.3) is 20.4 Å². The van der Waals surface area contributed by atoms with Gasteiger partial charge in [0.25, 0.3) is 0 Å². The highest BCUT2D eigenvalue weighted by molar-refractivity contribution is 7.24. The van der Waals surface area contributed by atoms with Crippen LogP contribution in [0.15, 0.2) is 12.1 Å². The van der Waals surface area contributed by atoms with Crippen LogP contribution in [0.5, 0.6) is 0 Å². The molecule has 6 rings (SSSR count). The van der Waals surface area contributed by atoms with Crippen LogP contribution in [0.2, 0.25) is 0 Å². The largest absolute Gasteiger partial charge is 0.397 e. The summed E-state index contributed by atoms with van der Waals surface area (Å²) in [4.78, 5) is 30.5. The number of carbonyl (C=O) groups excluding carboxylic acids is 1. The van der Waals surface area contributed by atoms with Crippen molar-refractivity contribution in [2.45, 2.75) is 25.9 Å². The number of pyridine rings is 2. The van der Waals surface area contributed by atoms with Crippen LogP contribution in [0.1, 0.15) is 37.1 Å². The summed E-state index contributed by atoms with van der Waals surface area (Å²) in [7, 11) is 4.21. The first-order chi connectivity index (χ1) is 15.4. The Morgan fingerprint density at radius 2 is 1.28 bits per heavy atom. The number of nitrogen functional groups attached to an aromatic ring is 2. The van der Waals surface area contributed by atoms with Gasteiger partial charge in [0.05, 0.1) is 11.4 Å². The highest BCUT2D eigenvalue weighted by atomic mass is 32.1. The maximum absolute atomic E-state index is 13.6. The van der Waals surface area contributed by atoms with Gasteiger partial charge in [0, 0.05) is 61.2 Å². The third kappa shape index (κ3) is 3.03. The summed E-state index contributed by atoms with van der Waals surface area (Å²) in [6.45, 7) is 3.68. The van der Waals surface area contributed by atoms with Crippen LogP contribution < -0.4 is 11.5 Å². The van der Waals surface area contributed by atoms with E-state index in [4.69, 9.17) is 21.4 Å². The number of thiophene rings is 2. The third-order valence-corrected chi connectivity index (χ3v) is 8.76. The number of aromatic nitrogens is 2. The van der Waals surface area contributed by atoms with Gasteiger partial charge < -0.3 is 21.3 Å². The molecule has 2 aliphatic rings. The fourth-order valence-electron chi connectivity index (χ4n) is 4.72. The first-order valence-electron chi connectivity index (χ1n) is 10.7. The van der Waals surface area contributed by atoms with E-state index in [1.54, 1.807) is 0 Å².